The summed E-state index contributed by atoms with van der Waals surface area (Å²) in [5, 5.41) is 4.39. The van der Waals surface area contributed by atoms with E-state index in [0.29, 0.717) is 32.2 Å². The van der Waals surface area contributed by atoms with Gasteiger partial charge in [-0.1, -0.05) is 18.2 Å². The number of aromatic nitrogens is 2. The minimum Gasteiger partial charge on any atom is -0.460 e. The van der Waals surface area contributed by atoms with Gasteiger partial charge in [0.15, 0.2) is 5.60 Å². The van der Waals surface area contributed by atoms with Crippen molar-refractivity contribution in [3.05, 3.63) is 42.6 Å². The van der Waals surface area contributed by atoms with E-state index in [2.05, 4.69) is 5.10 Å². The second kappa shape index (κ2) is 6.42. The van der Waals surface area contributed by atoms with Crippen molar-refractivity contribution in [3.8, 4) is 11.6 Å². The number of para-hydroxylation sites is 1. The first-order valence-electron chi connectivity index (χ1n) is 7.73. The molecule has 1 amide bonds. The van der Waals surface area contributed by atoms with Gasteiger partial charge in [-0.15, -0.1) is 5.10 Å². The van der Waals surface area contributed by atoms with E-state index < -0.39 is 5.60 Å². The Kier molecular flexibility index (Phi) is 4.34. The summed E-state index contributed by atoms with van der Waals surface area (Å²) in [6, 6.07) is 11.5. The van der Waals surface area contributed by atoms with Gasteiger partial charge in [-0.25, -0.2) is 4.68 Å². The summed E-state index contributed by atoms with van der Waals surface area (Å²) in [4.78, 5) is 14.4. The molecule has 0 spiro atoms. The number of amides is 1. The predicted molar refractivity (Wildman–Crippen MR) is 85.7 cm³/mol. The lowest BCUT2D eigenvalue weighted by Gasteiger charge is -2.33. The van der Waals surface area contributed by atoms with E-state index in [1.165, 1.54) is 0 Å². The van der Waals surface area contributed by atoms with Gasteiger partial charge in [0.05, 0.1) is 18.9 Å². The van der Waals surface area contributed by atoms with Crippen LogP contribution in [0.3, 0.4) is 0 Å². The molecule has 1 fully saturated rings. The summed E-state index contributed by atoms with van der Waals surface area (Å²) in [5.41, 5.74) is -0.0209. The van der Waals surface area contributed by atoms with Crippen LogP contribution in [-0.4, -0.2) is 52.5 Å². The van der Waals surface area contributed by atoms with Gasteiger partial charge in [-0.2, -0.15) is 0 Å². The molecule has 0 bridgehead atoms. The second-order valence-electron chi connectivity index (χ2n) is 5.95. The molecule has 23 heavy (non-hydrogen) atoms. The minimum atomic E-state index is -0.965. The number of hydrogen-bond donors (Lipinski definition) is 0. The van der Waals surface area contributed by atoms with Crippen LogP contribution in [0.1, 0.15) is 13.8 Å². The molecule has 0 saturated carbocycles. The summed E-state index contributed by atoms with van der Waals surface area (Å²) in [6.45, 7) is 5.89. The number of carbonyl (C=O) groups excluding carboxylic acids is 1. The number of rotatable bonds is 4. The normalized spacial score (nSPS) is 15.5. The van der Waals surface area contributed by atoms with Gasteiger partial charge >= 0.3 is 0 Å². The Morgan fingerprint density at radius 1 is 1.17 bits per heavy atom. The smallest absolute Gasteiger partial charge is 0.266 e. The van der Waals surface area contributed by atoms with E-state index in [-0.39, 0.29) is 5.91 Å². The van der Waals surface area contributed by atoms with Crippen molar-refractivity contribution in [2.45, 2.75) is 19.4 Å². The van der Waals surface area contributed by atoms with Gasteiger partial charge in [-0.05, 0) is 26.0 Å². The van der Waals surface area contributed by atoms with Gasteiger partial charge in [0.25, 0.3) is 5.91 Å². The zero-order valence-electron chi connectivity index (χ0n) is 13.4. The monoisotopic (exact) mass is 315 g/mol. The first kappa shape index (κ1) is 15.6. The Hall–Kier alpha value is -2.34. The third-order valence-corrected chi connectivity index (χ3v) is 3.76. The molecule has 1 saturated heterocycles. The van der Waals surface area contributed by atoms with Crippen LogP contribution in [0.15, 0.2) is 42.6 Å². The summed E-state index contributed by atoms with van der Waals surface area (Å²) in [7, 11) is 0. The van der Waals surface area contributed by atoms with Gasteiger partial charge in [0.2, 0.25) is 5.88 Å². The van der Waals surface area contributed by atoms with Gasteiger partial charge in [0.1, 0.15) is 0 Å². The average molecular weight is 315 g/mol. The molecule has 1 aliphatic rings. The Bertz CT molecular complexity index is 661. The molecule has 0 unspecified atom stereocenters. The lowest BCUT2D eigenvalue weighted by atomic mass is 10.1. The van der Waals surface area contributed by atoms with Crippen molar-refractivity contribution in [2.24, 2.45) is 0 Å². The molecule has 6 nitrogen and oxygen atoms in total. The molecule has 3 rings (SSSR count). The Morgan fingerprint density at radius 3 is 2.57 bits per heavy atom. The number of nitrogens with zero attached hydrogens (tertiary/aromatic N) is 3. The lowest BCUT2D eigenvalue weighted by molar-refractivity contribution is -0.149. The van der Waals surface area contributed by atoms with Crippen LogP contribution >= 0.6 is 0 Å². The highest BCUT2D eigenvalue weighted by molar-refractivity contribution is 5.84. The molecule has 0 radical (unpaired) electrons. The lowest BCUT2D eigenvalue weighted by Crippen LogP contribution is -2.52. The van der Waals surface area contributed by atoms with Gasteiger partial charge < -0.3 is 14.4 Å². The highest BCUT2D eigenvalue weighted by Gasteiger charge is 2.35. The van der Waals surface area contributed by atoms with Crippen LogP contribution in [0.25, 0.3) is 5.69 Å². The van der Waals surface area contributed by atoms with Crippen molar-refractivity contribution in [3.63, 3.8) is 0 Å². The molecule has 1 aromatic carbocycles. The Balaban J connectivity index is 1.70. The number of morpholine rings is 1. The van der Waals surface area contributed by atoms with E-state index >= 15 is 0 Å². The molecule has 2 aromatic rings. The summed E-state index contributed by atoms with van der Waals surface area (Å²) < 4.78 is 12.9. The fourth-order valence-corrected chi connectivity index (χ4v) is 2.54. The van der Waals surface area contributed by atoms with Crippen molar-refractivity contribution in [1.29, 1.82) is 0 Å². The van der Waals surface area contributed by atoms with Crippen molar-refractivity contribution < 1.29 is 14.3 Å². The van der Waals surface area contributed by atoms with Crippen LogP contribution in [0.4, 0.5) is 0 Å². The maximum absolute atomic E-state index is 12.6. The fourth-order valence-electron chi connectivity index (χ4n) is 2.54. The molecular formula is C17H21N3O3. The molecule has 0 N–H and O–H groups in total. The zero-order chi connectivity index (χ0) is 16.3. The van der Waals surface area contributed by atoms with Gasteiger partial charge in [0, 0.05) is 25.4 Å². The van der Waals surface area contributed by atoms with Gasteiger partial charge in [-0.3, -0.25) is 4.79 Å². The fraction of sp³-hybridized carbons (Fsp3) is 0.412. The summed E-state index contributed by atoms with van der Waals surface area (Å²) in [6.07, 6.45) is 1.82. The van der Waals surface area contributed by atoms with Crippen molar-refractivity contribution >= 4 is 5.91 Å². The largest absolute Gasteiger partial charge is 0.460 e. The van der Waals surface area contributed by atoms with Crippen LogP contribution in [0, 0.1) is 0 Å². The van der Waals surface area contributed by atoms with E-state index in [1.54, 1.807) is 29.5 Å². The number of carbonyl (C=O) groups is 1. The SMILES string of the molecule is CC(C)(Oc1ccn(-c2ccccc2)n1)C(=O)N1CCOCC1. The first-order chi connectivity index (χ1) is 11.1. The molecule has 122 valence electrons. The number of hydrogen-bond acceptors (Lipinski definition) is 4. The van der Waals surface area contributed by atoms with E-state index in [9.17, 15) is 4.79 Å². The third-order valence-electron chi connectivity index (χ3n) is 3.76. The van der Waals surface area contributed by atoms with Crippen LogP contribution in [0.5, 0.6) is 5.88 Å². The molecule has 1 aliphatic heterocycles. The van der Waals surface area contributed by atoms with Crippen LogP contribution in [0.2, 0.25) is 0 Å². The van der Waals surface area contributed by atoms with E-state index in [0.717, 1.165) is 5.69 Å². The molecule has 6 heteroatoms. The minimum absolute atomic E-state index is 0.0462. The average Bonchev–Trinajstić information content (AvgIpc) is 3.03. The maximum Gasteiger partial charge on any atom is 0.266 e. The molecule has 1 aromatic heterocycles. The quantitative estimate of drug-likeness (QED) is 0.864. The number of ether oxygens (including phenoxy) is 2. The van der Waals surface area contributed by atoms with Crippen LogP contribution < -0.4 is 4.74 Å². The molecule has 2 heterocycles. The Morgan fingerprint density at radius 2 is 1.87 bits per heavy atom. The Labute approximate surface area is 135 Å². The van der Waals surface area contributed by atoms with Crippen molar-refractivity contribution in [1.82, 2.24) is 14.7 Å². The van der Waals surface area contributed by atoms with Crippen molar-refractivity contribution in [2.75, 3.05) is 26.3 Å². The standard InChI is InChI=1S/C17H21N3O3/c1-17(2,16(21)19-10-12-22-13-11-19)23-15-8-9-20(18-15)14-6-4-3-5-7-14/h3-9H,10-13H2,1-2H3. The molecule has 0 atom stereocenters. The van der Waals surface area contributed by atoms with E-state index in [1.807, 2.05) is 36.5 Å². The summed E-state index contributed by atoms with van der Waals surface area (Å²) in [5.74, 6) is 0.385. The van der Waals surface area contributed by atoms with E-state index in [4.69, 9.17) is 9.47 Å². The zero-order valence-corrected chi connectivity index (χ0v) is 13.4. The molecule has 0 aliphatic carbocycles. The van der Waals surface area contributed by atoms with Crippen LogP contribution in [-0.2, 0) is 9.53 Å². The first-order valence-corrected chi connectivity index (χ1v) is 7.73. The second-order valence-corrected chi connectivity index (χ2v) is 5.95. The highest BCUT2D eigenvalue weighted by Crippen LogP contribution is 2.20. The third kappa shape index (κ3) is 3.53. The maximum atomic E-state index is 12.6. The number of benzene rings is 1. The highest BCUT2D eigenvalue weighted by atomic mass is 16.5. The summed E-state index contributed by atoms with van der Waals surface area (Å²) >= 11 is 0. The predicted octanol–water partition coefficient (Wildman–Crippen LogP) is 1.89. The topological polar surface area (TPSA) is 56.6 Å². The molecular weight excluding hydrogens is 294 g/mol.